The number of aryl methyl sites for hydroxylation is 1. The Morgan fingerprint density at radius 1 is 1.24 bits per heavy atom. The fourth-order valence-corrected chi connectivity index (χ4v) is 3.06. The van der Waals surface area contributed by atoms with Gasteiger partial charge in [0.25, 0.3) is 0 Å². The number of anilines is 2. The van der Waals surface area contributed by atoms with Crippen LogP contribution in [0.15, 0.2) is 6.07 Å². The lowest BCUT2D eigenvalue weighted by atomic mass is 9.93. The van der Waals surface area contributed by atoms with E-state index >= 15 is 0 Å². The molecule has 0 bridgehead atoms. The maximum atomic E-state index is 4.81. The van der Waals surface area contributed by atoms with Crippen molar-refractivity contribution in [3.63, 3.8) is 0 Å². The van der Waals surface area contributed by atoms with Crippen LogP contribution in [-0.2, 0) is 6.42 Å². The topological polar surface area (TPSA) is 41.0 Å². The van der Waals surface area contributed by atoms with Crippen molar-refractivity contribution >= 4 is 11.6 Å². The molecule has 1 fully saturated rings. The van der Waals surface area contributed by atoms with Gasteiger partial charge in [0.1, 0.15) is 17.5 Å². The molecular formula is C17H30N4. The largest absolute Gasteiger partial charge is 0.370 e. The zero-order chi connectivity index (χ0) is 15.2. The van der Waals surface area contributed by atoms with E-state index in [1.165, 1.54) is 12.8 Å². The van der Waals surface area contributed by atoms with Crippen molar-refractivity contribution in [1.29, 1.82) is 0 Å². The van der Waals surface area contributed by atoms with E-state index in [1.54, 1.807) is 0 Å². The minimum Gasteiger partial charge on any atom is -0.370 e. The molecule has 2 heterocycles. The third-order valence-corrected chi connectivity index (χ3v) is 4.22. The number of rotatable bonds is 6. The van der Waals surface area contributed by atoms with Crippen molar-refractivity contribution < 1.29 is 0 Å². The average Bonchev–Trinajstić information content (AvgIpc) is 2.45. The number of aromatic nitrogens is 2. The Morgan fingerprint density at radius 3 is 2.71 bits per heavy atom. The van der Waals surface area contributed by atoms with Gasteiger partial charge in [0.15, 0.2) is 0 Å². The second-order valence-corrected chi connectivity index (χ2v) is 6.38. The molecule has 2 rings (SSSR count). The van der Waals surface area contributed by atoms with Gasteiger partial charge in [-0.25, -0.2) is 9.97 Å². The van der Waals surface area contributed by atoms with Crippen molar-refractivity contribution in [2.24, 2.45) is 5.92 Å². The Balaban J connectivity index is 2.21. The minimum absolute atomic E-state index is 0.567. The van der Waals surface area contributed by atoms with E-state index in [-0.39, 0.29) is 0 Å². The highest BCUT2D eigenvalue weighted by molar-refractivity contribution is 5.50. The number of hydrogen-bond acceptors (Lipinski definition) is 4. The molecule has 4 nitrogen and oxygen atoms in total. The Kier molecular flexibility index (Phi) is 5.83. The van der Waals surface area contributed by atoms with Gasteiger partial charge in [-0.2, -0.15) is 0 Å². The molecule has 2 atom stereocenters. The number of piperidine rings is 1. The summed E-state index contributed by atoms with van der Waals surface area (Å²) in [7, 11) is 0. The highest BCUT2D eigenvalue weighted by Gasteiger charge is 2.24. The van der Waals surface area contributed by atoms with Gasteiger partial charge >= 0.3 is 0 Å². The van der Waals surface area contributed by atoms with E-state index in [0.717, 1.165) is 55.7 Å². The first-order valence-corrected chi connectivity index (χ1v) is 8.52. The van der Waals surface area contributed by atoms with E-state index in [2.05, 4.69) is 49.0 Å². The van der Waals surface area contributed by atoms with Gasteiger partial charge in [0.2, 0.25) is 0 Å². The lowest BCUT2D eigenvalue weighted by Crippen LogP contribution is -2.41. The van der Waals surface area contributed by atoms with Gasteiger partial charge in [-0.15, -0.1) is 0 Å². The zero-order valence-corrected chi connectivity index (χ0v) is 14.0. The van der Waals surface area contributed by atoms with Crippen LogP contribution in [0.5, 0.6) is 0 Å². The van der Waals surface area contributed by atoms with E-state index in [0.29, 0.717) is 6.04 Å². The summed E-state index contributed by atoms with van der Waals surface area (Å²) in [4.78, 5) is 11.9. The molecule has 0 spiro atoms. The molecule has 1 aliphatic heterocycles. The second kappa shape index (κ2) is 7.62. The number of hydrogen-bond donors (Lipinski definition) is 1. The molecule has 1 N–H and O–H groups in total. The molecule has 1 saturated heterocycles. The molecule has 1 aromatic heterocycles. The molecule has 0 aliphatic carbocycles. The summed E-state index contributed by atoms with van der Waals surface area (Å²) in [5.41, 5.74) is 0. The van der Waals surface area contributed by atoms with Crippen molar-refractivity contribution in [2.45, 2.75) is 65.8 Å². The summed E-state index contributed by atoms with van der Waals surface area (Å²) in [6.07, 6.45) is 5.66. The minimum atomic E-state index is 0.567. The Hall–Kier alpha value is -1.32. The van der Waals surface area contributed by atoms with Gasteiger partial charge in [-0.3, -0.25) is 0 Å². The Morgan fingerprint density at radius 2 is 2.05 bits per heavy atom. The van der Waals surface area contributed by atoms with Crippen LogP contribution < -0.4 is 10.2 Å². The van der Waals surface area contributed by atoms with Crippen LogP contribution in [-0.4, -0.2) is 29.1 Å². The van der Waals surface area contributed by atoms with Gasteiger partial charge in [0.05, 0.1) is 0 Å². The standard InChI is InChI=1S/C17H30N4/c1-5-7-15-19-16(18-9-6-2)12-17(20-15)21-10-8-13(3)11-14(21)4/h12-14H,5-11H2,1-4H3,(H,18,19,20). The maximum Gasteiger partial charge on any atom is 0.134 e. The van der Waals surface area contributed by atoms with E-state index in [1.807, 2.05) is 0 Å². The molecule has 0 saturated carbocycles. The predicted molar refractivity (Wildman–Crippen MR) is 90.0 cm³/mol. The fourth-order valence-electron chi connectivity index (χ4n) is 3.06. The van der Waals surface area contributed by atoms with Crippen LogP contribution in [0.1, 0.15) is 59.2 Å². The predicted octanol–water partition coefficient (Wildman–Crippen LogP) is 3.88. The summed E-state index contributed by atoms with van der Waals surface area (Å²) in [5, 5.41) is 3.42. The van der Waals surface area contributed by atoms with Crippen molar-refractivity contribution in [2.75, 3.05) is 23.3 Å². The van der Waals surface area contributed by atoms with Crippen LogP contribution in [0.2, 0.25) is 0 Å². The fraction of sp³-hybridized carbons (Fsp3) is 0.765. The summed E-state index contributed by atoms with van der Waals surface area (Å²) < 4.78 is 0. The Labute approximate surface area is 129 Å². The van der Waals surface area contributed by atoms with Crippen molar-refractivity contribution in [1.82, 2.24) is 9.97 Å². The monoisotopic (exact) mass is 290 g/mol. The molecular weight excluding hydrogens is 260 g/mol. The van der Waals surface area contributed by atoms with Crippen LogP contribution >= 0.6 is 0 Å². The van der Waals surface area contributed by atoms with Crippen molar-refractivity contribution in [3.8, 4) is 0 Å². The quantitative estimate of drug-likeness (QED) is 0.863. The summed E-state index contributed by atoms with van der Waals surface area (Å²) in [6, 6.07) is 2.69. The molecule has 0 amide bonds. The SMILES string of the molecule is CCCNc1cc(N2CCC(C)CC2C)nc(CCC)n1. The zero-order valence-electron chi connectivity index (χ0n) is 14.0. The highest BCUT2D eigenvalue weighted by Crippen LogP contribution is 2.27. The molecule has 0 aromatic carbocycles. The molecule has 21 heavy (non-hydrogen) atoms. The van der Waals surface area contributed by atoms with Crippen molar-refractivity contribution in [3.05, 3.63) is 11.9 Å². The Bertz CT molecular complexity index is 446. The molecule has 2 unspecified atom stereocenters. The van der Waals surface area contributed by atoms with Crippen LogP contribution in [0.4, 0.5) is 11.6 Å². The first-order chi connectivity index (χ1) is 10.1. The number of nitrogens with one attached hydrogen (secondary N) is 1. The summed E-state index contributed by atoms with van der Waals surface area (Å²) >= 11 is 0. The highest BCUT2D eigenvalue weighted by atomic mass is 15.2. The average molecular weight is 290 g/mol. The van der Waals surface area contributed by atoms with E-state index in [9.17, 15) is 0 Å². The first-order valence-electron chi connectivity index (χ1n) is 8.52. The normalized spacial score (nSPS) is 22.4. The molecule has 1 aliphatic rings. The smallest absolute Gasteiger partial charge is 0.134 e. The van der Waals surface area contributed by atoms with E-state index < -0.39 is 0 Å². The number of nitrogens with zero attached hydrogens (tertiary/aromatic N) is 3. The van der Waals surface area contributed by atoms with Crippen LogP contribution in [0.3, 0.4) is 0 Å². The molecule has 0 radical (unpaired) electrons. The van der Waals surface area contributed by atoms with Gasteiger partial charge < -0.3 is 10.2 Å². The summed E-state index contributed by atoms with van der Waals surface area (Å²) in [5.74, 6) is 3.88. The van der Waals surface area contributed by atoms with Crippen LogP contribution in [0, 0.1) is 5.92 Å². The first kappa shape index (κ1) is 16.1. The molecule has 4 heteroatoms. The second-order valence-electron chi connectivity index (χ2n) is 6.38. The third kappa shape index (κ3) is 4.32. The molecule has 118 valence electrons. The van der Waals surface area contributed by atoms with Gasteiger partial charge in [-0.1, -0.05) is 20.8 Å². The molecule has 1 aromatic rings. The van der Waals surface area contributed by atoms with Crippen LogP contribution in [0.25, 0.3) is 0 Å². The summed E-state index contributed by atoms with van der Waals surface area (Å²) in [6.45, 7) is 11.1. The lowest BCUT2D eigenvalue weighted by molar-refractivity contribution is 0.375. The lowest BCUT2D eigenvalue weighted by Gasteiger charge is -2.37. The van der Waals surface area contributed by atoms with Gasteiger partial charge in [0, 0.05) is 31.6 Å². The van der Waals surface area contributed by atoms with E-state index in [4.69, 9.17) is 4.98 Å². The third-order valence-electron chi connectivity index (χ3n) is 4.22. The maximum absolute atomic E-state index is 4.81. The van der Waals surface area contributed by atoms with Gasteiger partial charge in [-0.05, 0) is 38.5 Å².